The van der Waals surface area contributed by atoms with Crippen molar-refractivity contribution in [2.75, 3.05) is 0 Å². The van der Waals surface area contributed by atoms with Gasteiger partial charge in [-0.3, -0.25) is 0 Å². The molecule has 2 aromatic carbocycles. The van der Waals surface area contributed by atoms with E-state index in [1.165, 1.54) is 24.3 Å². The molecule has 0 saturated heterocycles. The SMILES string of the molecule is C=C1CCC(c2ccc(C(F)(F)F)cc2)=NN1S(=O)(=O)c1ccccc1. The third-order valence-electron chi connectivity index (χ3n) is 3.95. The Labute approximate surface area is 149 Å². The maximum Gasteiger partial charge on any atom is 0.416 e. The zero-order chi connectivity index (χ0) is 18.9. The van der Waals surface area contributed by atoms with Crippen LogP contribution in [0.5, 0.6) is 0 Å². The van der Waals surface area contributed by atoms with Gasteiger partial charge in [0, 0.05) is 5.70 Å². The number of benzene rings is 2. The highest BCUT2D eigenvalue weighted by atomic mass is 32.2. The molecule has 1 aliphatic rings. The van der Waals surface area contributed by atoms with Gasteiger partial charge in [-0.2, -0.15) is 31.1 Å². The van der Waals surface area contributed by atoms with Gasteiger partial charge >= 0.3 is 6.18 Å². The first-order valence-corrected chi connectivity index (χ1v) is 9.17. The summed E-state index contributed by atoms with van der Waals surface area (Å²) >= 11 is 0. The Hall–Kier alpha value is -2.61. The quantitative estimate of drug-likeness (QED) is 0.792. The molecule has 0 N–H and O–H groups in total. The van der Waals surface area contributed by atoms with Crippen molar-refractivity contribution < 1.29 is 21.6 Å². The van der Waals surface area contributed by atoms with Crippen molar-refractivity contribution in [3.05, 3.63) is 78.0 Å². The van der Waals surface area contributed by atoms with Gasteiger partial charge in [0.05, 0.1) is 16.2 Å². The van der Waals surface area contributed by atoms with Gasteiger partial charge in [0.2, 0.25) is 0 Å². The summed E-state index contributed by atoms with van der Waals surface area (Å²) in [7, 11) is -3.92. The topological polar surface area (TPSA) is 49.7 Å². The standard InChI is InChI=1S/C18H15F3N2O2S/c1-13-7-12-17(14-8-10-15(11-9-14)18(19,20)21)22-23(13)26(24,25)16-5-3-2-4-6-16/h2-6,8-11H,1,7,12H2. The predicted molar refractivity (Wildman–Crippen MR) is 91.8 cm³/mol. The predicted octanol–water partition coefficient (Wildman–Crippen LogP) is 4.41. The largest absolute Gasteiger partial charge is 0.416 e. The molecule has 0 saturated carbocycles. The molecule has 1 heterocycles. The smallest absolute Gasteiger partial charge is 0.199 e. The minimum Gasteiger partial charge on any atom is -0.199 e. The van der Waals surface area contributed by atoms with Crippen molar-refractivity contribution in [3.8, 4) is 0 Å². The highest BCUT2D eigenvalue weighted by molar-refractivity contribution is 7.89. The van der Waals surface area contributed by atoms with Crippen molar-refractivity contribution in [1.82, 2.24) is 4.41 Å². The van der Waals surface area contributed by atoms with E-state index in [1.54, 1.807) is 18.2 Å². The lowest BCUT2D eigenvalue weighted by Gasteiger charge is -2.26. The summed E-state index contributed by atoms with van der Waals surface area (Å²) in [5, 5.41) is 4.15. The number of alkyl halides is 3. The molecule has 0 bridgehead atoms. The number of hydrazone groups is 1. The van der Waals surface area contributed by atoms with Crippen LogP contribution in [-0.4, -0.2) is 18.5 Å². The first-order chi connectivity index (χ1) is 12.2. The highest BCUT2D eigenvalue weighted by Gasteiger charge is 2.31. The molecule has 2 aromatic rings. The van der Waals surface area contributed by atoms with Crippen LogP contribution in [-0.2, 0) is 16.2 Å². The summed E-state index contributed by atoms with van der Waals surface area (Å²) in [6.07, 6.45) is -3.69. The maximum absolute atomic E-state index is 12.8. The van der Waals surface area contributed by atoms with Crippen LogP contribution in [0.25, 0.3) is 0 Å². The Morgan fingerprint density at radius 3 is 2.15 bits per heavy atom. The van der Waals surface area contributed by atoms with Crippen LogP contribution >= 0.6 is 0 Å². The van der Waals surface area contributed by atoms with Gasteiger partial charge in [-0.1, -0.05) is 36.9 Å². The van der Waals surface area contributed by atoms with Crippen LogP contribution in [0, 0.1) is 0 Å². The van der Waals surface area contributed by atoms with Gasteiger partial charge in [-0.15, -0.1) is 0 Å². The lowest BCUT2D eigenvalue weighted by Crippen LogP contribution is -2.30. The number of sulfonamides is 1. The second-order valence-electron chi connectivity index (χ2n) is 5.75. The molecular formula is C18H15F3N2O2S. The average molecular weight is 380 g/mol. The second-order valence-corrected chi connectivity index (χ2v) is 7.52. The van der Waals surface area contributed by atoms with Gasteiger partial charge in [0.15, 0.2) is 0 Å². The van der Waals surface area contributed by atoms with Crippen molar-refractivity contribution >= 4 is 15.7 Å². The zero-order valence-electron chi connectivity index (χ0n) is 13.6. The lowest BCUT2D eigenvalue weighted by atomic mass is 10.0. The molecule has 136 valence electrons. The fraction of sp³-hybridized carbons (Fsp3) is 0.167. The Morgan fingerprint density at radius 2 is 1.58 bits per heavy atom. The Bertz CT molecular complexity index is 950. The van der Waals surface area contributed by atoms with Gasteiger partial charge in [0.25, 0.3) is 10.0 Å². The summed E-state index contributed by atoms with van der Waals surface area (Å²) in [5.74, 6) is 0. The number of halogens is 3. The highest BCUT2D eigenvalue weighted by Crippen LogP contribution is 2.31. The van der Waals surface area contributed by atoms with Crippen LogP contribution < -0.4 is 0 Å². The fourth-order valence-electron chi connectivity index (χ4n) is 2.56. The molecule has 0 atom stereocenters. The van der Waals surface area contributed by atoms with E-state index < -0.39 is 21.8 Å². The minimum absolute atomic E-state index is 0.0681. The fourth-order valence-corrected chi connectivity index (χ4v) is 3.90. The van der Waals surface area contributed by atoms with E-state index in [-0.39, 0.29) is 4.90 Å². The summed E-state index contributed by atoms with van der Waals surface area (Å²) in [5.41, 5.74) is 0.379. The molecule has 0 unspecified atom stereocenters. The van der Waals surface area contributed by atoms with Crippen molar-refractivity contribution in [2.45, 2.75) is 23.9 Å². The van der Waals surface area contributed by atoms with E-state index in [0.717, 1.165) is 16.5 Å². The number of hydrogen-bond donors (Lipinski definition) is 0. The Balaban J connectivity index is 1.97. The normalized spacial score (nSPS) is 15.7. The molecule has 0 fully saturated rings. The van der Waals surface area contributed by atoms with E-state index in [0.29, 0.717) is 29.8 Å². The molecule has 4 nitrogen and oxygen atoms in total. The van der Waals surface area contributed by atoms with E-state index >= 15 is 0 Å². The molecule has 0 aromatic heterocycles. The van der Waals surface area contributed by atoms with Crippen LogP contribution in [0.1, 0.15) is 24.0 Å². The van der Waals surface area contributed by atoms with Crippen molar-refractivity contribution in [1.29, 1.82) is 0 Å². The molecule has 8 heteroatoms. The third-order valence-corrected chi connectivity index (χ3v) is 5.61. The van der Waals surface area contributed by atoms with Gasteiger partial charge in [0.1, 0.15) is 0 Å². The Morgan fingerprint density at radius 1 is 0.962 bits per heavy atom. The molecule has 3 rings (SSSR count). The zero-order valence-corrected chi connectivity index (χ0v) is 14.4. The number of allylic oxidation sites excluding steroid dienone is 1. The maximum atomic E-state index is 12.8. The van der Waals surface area contributed by atoms with Gasteiger partial charge in [-0.25, -0.2) is 0 Å². The summed E-state index contributed by atoms with van der Waals surface area (Å²) < 4.78 is 64.5. The molecule has 0 aliphatic carbocycles. The summed E-state index contributed by atoms with van der Waals surface area (Å²) in [6.45, 7) is 3.75. The van der Waals surface area contributed by atoms with Gasteiger partial charge < -0.3 is 0 Å². The van der Waals surface area contributed by atoms with E-state index in [9.17, 15) is 21.6 Å². The molecular weight excluding hydrogens is 365 g/mol. The van der Waals surface area contributed by atoms with Crippen molar-refractivity contribution in [2.24, 2.45) is 5.10 Å². The number of rotatable bonds is 3. The van der Waals surface area contributed by atoms with E-state index in [2.05, 4.69) is 11.7 Å². The van der Waals surface area contributed by atoms with Crippen LogP contribution in [0.3, 0.4) is 0 Å². The van der Waals surface area contributed by atoms with Gasteiger partial charge in [-0.05, 0) is 42.7 Å². The van der Waals surface area contributed by atoms with Crippen LogP contribution in [0.15, 0.2) is 76.9 Å². The lowest BCUT2D eigenvalue weighted by molar-refractivity contribution is -0.137. The van der Waals surface area contributed by atoms with Crippen molar-refractivity contribution in [3.63, 3.8) is 0 Å². The number of nitrogens with zero attached hydrogens (tertiary/aromatic N) is 2. The number of hydrogen-bond acceptors (Lipinski definition) is 3. The second kappa shape index (κ2) is 6.60. The minimum atomic E-state index is -4.43. The van der Waals surface area contributed by atoms with Crippen LogP contribution in [0.2, 0.25) is 0 Å². The molecule has 0 spiro atoms. The summed E-state index contributed by atoms with van der Waals surface area (Å²) in [6, 6.07) is 12.3. The van der Waals surface area contributed by atoms with E-state index in [4.69, 9.17) is 0 Å². The summed E-state index contributed by atoms with van der Waals surface area (Å²) in [4.78, 5) is 0.0681. The van der Waals surface area contributed by atoms with Crippen LogP contribution in [0.4, 0.5) is 13.2 Å². The first-order valence-electron chi connectivity index (χ1n) is 7.73. The average Bonchev–Trinajstić information content (AvgIpc) is 2.62. The molecule has 26 heavy (non-hydrogen) atoms. The first kappa shape index (κ1) is 18.2. The molecule has 0 radical (unpaired) electrons. The molecule has 0 amide bonds. The third kappa shape index (κ3) is 3.50. The molecule has 1 aliphatic heterocycles. The Kier molecular flexibility index (Phi) is 4.62. The van der Waals surface area contributed by atoms with E-state index in [1.807, 2.05) is 0 Å². The monoisotopic (exact) mass is 380 g/mol.